The molecule has 1 aromatic rings. The Labute approximate surface area is 151 Å². The number of aryl methyl sites for hydroxylation is 1. The van der Waals surface area contributed by atoms with Crippen molar-refractivity contribution in [2.75, 3.05) is 51.6 Å². The summed E-state index contributed by atoms with van der Waals surface area (Å²) in [5, 5.41) is 3.13. The van der Waals surface area contributed by atoms with Crippen LogP contribution in [0.5, 0.6) is 0 Å². The predicted molar refractivity (Wildman–Crippen MR) is 105 cm³/mol. The van der Waals surface area contributed by atoms with Crippen molar-refractivity contribution in [1.29, 1.82) is 0 Å². The smallest absolute Gasteiger partial charge is 0.193 e. The Morgan fingerprint density at radius 2 is 1.91 bits per heavy atom. The first-order valence-electron chi connectivity index (χ1n) is 7.68. The molecule has 1 fully saturated rings. The number of anilines is 1. The van der Waals surface area contributed by atoms with Crippen molar-refractivity contribution in [3.8, 4) is 0 Å². The molecule has 0 amide bonds. The van der Waals surface area contributed by atoms with Crippen molar-refractivity contribution in [2.24, 2.45) is 10.7 Å². The number of hydrogen-bond acceptors (Lipinski definition) is 3. The number of nitrogens with two attached hydrogens (primary N) is 1. The quantitative estimate of drug-likeness (QED) is 0.447. The largest absolute Gasteiger partial charge is 0.370 e. The van der Waals surface area contributed by atoms with Gasteiger partial charge in [0, 0.05) is 25.3 Å². The number of halogens is 1. The van der Waals surface area contributed by atoms with E-state index in [4.69, 9.17) is 5.73 Å². The second-order valence-corrected chi connectivity index (χ2v) is 5.76. The lowest BCUT2D eigenvalue weighted by Crippen LogP contribution is -2.32. The van der Waals surface area contributed by atoms with E-state index >= 15 is 0 Å². The van der Waals surface area contributed by atoms with Crippen LogP contribution in [0.3, 0.4) is 0 Å². The summed E-state index contributed by atoms with van der Waals surface area (Å²) in [6.07, 6.45) is 1.23. The highest BCUT2D eigenvalue weighted by molar-refractivity contribution is 14.0. The first-order chi connectivity index (χ1) is 10.1. The molecule has 2 rings (SSSR count). The van der Waals surface area contributed by atoms with Crippen LogP contribution >= 0.6 is 24.0 Å². The van der Waals surface area contributed by atoms with Gasteiger partial charge in [0.1, 0.15) is 0 Å². The molecule has 1 aliphatic heterocycles. The minimum absolute atomic E-state index is 0. The third-order valence-electron chi connectivity index (χ3n) is 3.83. The Balaban J connectivity index is 0.00000242. The maximum absolute atomic E-state index is 5.92. The fourth-order valence-electron chi connectivity index (χ4n) is 2.46. The van der Waals surface area contributed by atoms with E-state index in [2.05, 4.69) is 46.2 Å². The fourth-order valence-corrected chi connectivity index (χ4v) is 2.46. The first-order valence-corrected chi connectivity index (χ1v) is 7.68. The van der Waals surface area contributed by atoms with Crippen LogP contribution in [-0.2, 0) is 0 Å². The standard InChI is InChI=1S/C16H27N5.HI/c1-14-4-6-15(7-5-14)19-16(17)18-8-11-21-10-3-9-20(2)12-13-21;/h4-7H,3,8-13H2,1-2H3,(H3,17,18,19);1H. The fraction of sp³-hybridized carbons (Fsp3) is 0.562. The van der Waals surface area contributed by atoms with E-state index in [0.29, 0.717) is 5.96 Å². The summed E-state index contributed by atoms with van der Waals surface area (Å²) in [4.78, 5) is 9.26. The van der Waals surface area contributed by atoms with Gasteiger partial charge in [0.15, 0.2) is 5.96 Å². The van der Waals surface area contributed by atoms with Gasteiger partial charge in [0.2, 0.25) is 0 Å². The van der Waals surface area contributed by atoms with Gasteiger partial charge in [-0.25, -0.2) is 0 Å². The van der Waals surface area contributed by atoms with Gasteiger partial charge in [0.05, 0.1) is 6.54 Å². The maximum Gasteiger partial charge on any atom is 0.193 e. The van der Waals surface area contributed by atoms with E-state index in [1.165, 1.54) is 18.5 Å². The molecule has 5 nitrogen and oxygen atoms in total. The molecule has 0 spiro atoms. The zero-order valence-corrected chi connectivity index (χ0v) is 15.9. The number of hydrogen-bond donors (Lipinski definition) is 2. The normalized spacial score (nSPS) is 17.6. The van der Waals surface area contributed by atoms with Gasteiger partial charge >= 0.3 is 0 Å². The lowest BCUT2D eigenvalue weighted by atomic mass is 10.2. The average molecular weight is 417 g/mol. The summed E-state index contributed by atoms with van der Waals surface area (Å²) in [6, 6.07) is 8.15. The van der Waals surface area contributed by atoms with E-state index in [1.54, 1.807) is 0 Å². The predicted octanol–water partition coefficient (Wildman–Crippen LogP) is 1.98. The average Bonchev–Trinajstić information content (AvgIpc) is 2.66. The summed E-state index contributed by atoms with van der Waals surface area (Å²) >= 11 is 0. The SMILES string of the molecule is Cc1ccc(NC(N)=NCCN2CCCN(C)CC2)cc1.I. The summed E-state index contributed by atoms with van der Waals surface area (Å²) < 4.78 is 0. The van der Waals surface area contributed by atoms with Crippen LogP contribution in [0.15, 0.2) is 29.3 Å². The van der Waals surface area contributed by atoms with Crippen molar-refractivity contribution in [3.05, 3.63) is 29.8 Å². The molecule has 0 aromatic heterocycles. The van der Waals surface area contributed by atoms with Gasteiger partial charge in [-0.15, -0.1) is 24.0 Å². The molecule has 1 aromatic carbocycles. The van der Waals surface area contributed by atoms with Crippen LogP contribution in [-0.4, -0.2) is 62.1 Å². The molecule has 0 bridgehead atoms. The minimum atomic E-state index is 0. The van der Waals surface area contributed by atoms with Gasteiger partial charge in [-0.1, -0.05) is 17.7 Å². The Morgan fingerprint density at radius 3 is 2.64 bits per heavy atom. The number of nitrogens with zero attached hydrogens (tertiary/aromatic N) is 3. The number of nitrogens with one attached hydrogen (secondary N) is 1. The van der Waals surface area contributed by atoms with Crippen LogP contribution in [0.2, 0.25) is 0 Å². The molecule has 0 aliphatic carbocycles. The number of benzene rings is 1. The van der Waals surface area contributed by atoms with Crippen molar-refractivity contribution in [2.45, 2.75) is 13.3 Å². The molecule has 1 aliphatic rings. The van der Waals surface area contributed by atoms with Crippen LogP contribution in [0, 0.1) is 6.92 Å². The maximum atomic E-state index is 5.92. The zero-order valence-electron chi connectivity index (χ0n) is 13.6. The summed E-state index contributed by atoms with van der Waals surface area (Å²) in [5.74, 6) is 0.491. The van der Waals surface area contributed by atoms with Crippen LogP contribution in [0.4, 0.5) is 5.69 Å². The monoisotopic (exact) mass is 417 g/mol. The summed E-state index contributed by atoms with van der Waals surface area (Å²) in [5.41, 5.74) is 8.15. The van der Waals surface area contributed by atoms with Crippen molar-refractivity contribution in [1.82, 2.24) is 9.80 Å². The van der Waals surface area contributed by atoms with Gasteiger partial charge in [-0.2, -0.15) is 0 Å². The zero-order chi connectivity index (χ0) is 15.1. The van der Waals surface area contributed by atoms with Gasteiger partial charge in [-0.05, 0) is 45.6 Å². The Kier molecular flexibility index (Phi) is 8.74. The summed E-state index contributed by atoms with van der Waals surface area (Å²) in [7, 11) is 2.19. The topological polar surface area (TPSA) is 56.9 Å². The highest BCUT2D eigenvalue weighted by atomic mass is 127. The van der Waals surface area contributed by atoms with E-state index < -0.39 is 0 Å². The molecular formula is C16H28IN5. The van der Waals surface area contributed by atoms with Crippen molar-refractivity contribution >= 4 is 35.6 Å². The Morgan fingerprint density at radius 1 is 1.18 bits per heavy atom. The molecule has 3 N–H and O–H groups in total. The Bertz CT molecular complexity index is 460. The molecule has 1 saturated heterocycles. The molecule has 1 heterocycles. The molecule has 124 valence electrons. The van der Waals surface area contributed by atoms with Gasteiger partial charge in [0.25, 0.3) is 0 Å². The third kappa shape index (κ3) is 6.93. The van der Waals surface area contributed by atoms with Crippen LogP contribution in [0.25, 0.3) is 0 Å². The molecular weight excluding hydrogens is 389 g/mol. The van der Waals surface area contributed by atoms with Gasteiger partial charge in [-0.3, -0.25) is 4.99 Å². The minimum Gasteiger partial charge on any atom is -0.370 e. The lowest BCUT2D eigenvalue weighted by Gasteiger charge is -2.18. The molecule has 22 heavy (non-hydrogen) atoms. The van der Waals surface area contributed by atoms with Crippen molar-refractivity contribution in [3.63, 3.8) is 0 Å². The first kappa shape index (κ1) is 19.2. The van der Waals surface area contributed by atoms with Gasteiger partial charge < -0.3 is 20.9 Å². The van der Waals surface area contributed by atoms with E-state index in [9.17, 15) is 0 Å². The summed E-state index contributed by atoms with van der Waals surface area (Å²) in [6.45, 7) is 8.40. The number of likely N-dealkylation sites (N-methyl/N-ethyl adjacent to an activating group) is 1. The third-order valence-corrected chi connectivity index (χ3v) is 3.83. The second-order valence-electron chi connectivity index (χ2n) is 5.76. The van der Waals surface area contributed by atoms with Crippen molar-refractivity contribution < 1.29 is 0 Å². The number of guanidine groups is 1. The van der Waals surface area contributed by atoms with E-state index in [-0.39, 0.29) is 24.0 Å². The number of aliphatic imine (C=N–C) groups is 1. The van der Waals surface area contributed by atoms with Crippen LogP contribution < -0.4 is 11.1 Å². The van der Waals surface area contributed by atoms with E-state index in [0.717, 1.165) is 38.4 Å². The Hall–Kier alpha value is -0.860. The molecule has 0 unspecified atom stereocenters. The molecule has 6 heteroatoms. The molecule has 0 radical (unpaired) electrons. The highest BCUT2D eigenvalue weighted by Crippen LogP contribution is 2.07. The lowest BCUT2D eigenvalue weighted by molar-refractivity contribution is 0.283. The second kappa shape index (κ2) is 10.0. The molecule has 0 saturated carbocycles. The highest BCUT2D eigenvalue weighted by Gasteiger charge is 2.10. The van der Waals surface area contributed by atoms with E-state index in [1.807, 2.05) is 12.1 Å². The van der Waals surface area contributed by atoms with Crippen LogP contribution in [0.1, 0.15) is 12.0 Å². The molecule has 0 atom stereocenters. The number of rotatable bonds is 4.